The van der Waals surface area contributed by atoms with E-state index >= 15 is 0 Å². The van der Waals surface area contributed by atoms with Gasteiger partial charge in [-0.1, -0.05) is 28.7 Å². The van der Waals surface area contributed by atoms with Crippen LogP contribution in [0.2, 0.25) is 0 Å². The quantitative estimate of drug-likeness (QED) is 0.602. The Labute approximate surface area is 150 Å². The molecular formula is C16H14N2O5S2. The summed E-state index contributed by atoms with van der Waals surface area (Å²) in [5, 5.41) is 0.981. The predicted molar refractivity (Wildman–Crippen MR) is 89.9 cm³/mol. The average molecular weight is 378 g/mol. The molecule has 0 aromatic carbocycles. The van der Waals surface area contributed by atoms with Gasteiger partial charge >= 0.3 is 10.8 Å². The van der Waals surface area contributed by atoms with Crippen LogP contribution >= 0.6 is 23.1 Å². The van der Waals surface area contributed by atoms with Crippen molar-refractivity contribution in [3.8, 4) is 0 Å². The van der Waals surface area contributed by atoms with E-state index < -0.39 is 5.97 Å². The monoisotopic (exact) mass is 378 g/mol. The van der Waals surface area contributed by atoms with E-state index in [1.807, 2.05) is 6.08 Å². The Hall–Kier alpha value is -1.87. The number of ether oxygens (including phenoxy) is 1. The summed E-state index contributed by atoms with van der Waals surface area (Å²) in [5.74, 6) is -1.73. The molecule has 1 aromatic rings. The Kier molecular flexibility index (Phi) is 3.12. The summed E-state index contributed by atoms with van der Waals surface area (Å²) in [4.78, 5) is 53.4. The standard InChI is InChI=1S/C16H14N2O5S2/c1-23-9(19)4-18-14(20)10-5-2-7(11(10)15(18)21)12-6(5)3-8-13(25-12)17-16(22)24-8/h3,5,7,10-12H,2,4H2,1H3,(H,17,22)/t5-,7+,10+,11-,12+/m0/s1. The lowest BCUT2D eigenvalue weighted by molar-refractivity contribution is -0.151. The van der Waals surface area contributed by atoms with Crippen molar-refractivity contribution in [2.75, 3.05) is 13.7 Å². The number of imide groups is 1. The van der Waals surface area contributed by atoms with Crippen LogP contribution in [0.4, 0.5) is 0 Å². The number of nitrogens with one attached hydrogen (secondary N) is 1. The summed E-state index contributed by atoms with van der Waals surface area (Å²) in [5.41, 5.74) is 1.17. The maximum atomic E-state index is 12.8. The van der Waals surface area contributed by atoms with Crippen LogP contribution in [-0.4, -0.2) is 46.6 Å². The van der Waals surface area contributed by atoms with Crippen LogP contribution in [0.15, 0.2) is 15.4 Å². The van der Waals surface area contributed by atoms with Crippen molar-refractivity contribution in [2.24, 2.45) is 23.7 Å². The molecule has 1 saturated heterocycles. The molecule has 5 atom stereocenters. The number of hydrogen-bond acceptors (Lipinski definition) is 7. The second kappa shape index (κ2) is 5.07. The van der Waals surface area contributed by atoms with Crippen molar-refractivity contribution in [1.82, 2.24) is 9.88 Å². The van der Waals surface area contributed by atoms with Gasteiger partial charge in [0.2, 0.25) is 11.8 Å². The highest BCUT2D eigenvalue weighted by atomic mass is 32.2. The lowest BCUT2D eigenvalue weighted by Crippen LogP contribution is -2.37. The molecule has 4 aliphatic rings. The van der Waals surface area contributed by atoms with Gasteiger partial charge in [0, 0.05) is 5.25 Å². The zero-order valence-corrected chi connectivity index (χ0v) is 14.8. The number of aromatic amines is 1. The highest BCUT2D eigenvalue weighted by Gasteiger charge is 2.66. The van der Waals surface area contributed by atoms with E-state index in [0.717, 1.165) is 21.2 Å². The van der Waals surface area contributed by atoms with Crippen LogP contribution in [0.5, 0.6) is 0 Å². The molecule has 2 amide bonds. The third kappa shape index (κ3) is 1.93. The number of aromatic nitrogens is 1. The Morgan fingerprint density at radius 1 is 1.32 bits per heavy atom. The minimum Gasteiger partial charge on any atom is -0.468 e. The number of carbonyl (C=O) groups is 3. The number of H-pyrrole nitrogens is 1. The van der Waals surface area contributed by atoms with E-state index in [0.29, 0.717) is 0 Å². The molecule has 3 heterocycles. The molecule has 2 saturated carbocycles. The first kappa shape index (κ1) is 15.4. The van der Waals surface area contributed by atoms with Gasteiger partial charge in [-0.2, -0.15) is 0 Å². The first-order chi connectivity index (χ1) is 12.0. The highest BCUT2D eigenvalue weighted by molar-refractivity contribution is 8.00. The zero-order valence-electron chi connectivity index (χ0n) is 13.2. The van der Waals surface area contributed by atoms with Crippen LogP contribution in [0.3, 0.4) is 0 Å². The van der Waals surface area contributed by atoms with Crippen molar-refractivity contribution in [3.05, 3.63) is 20.1 Å². The number of hydrogen-bond donors (Lipinski definition) is 1. The highest BCUT2D eigenvalue weighted by Crippen LogP contribution is 2.64. The van der Waals surface area contributed by atoms with Crippen LogP contribution in [-0.2, 0) is 19.1 Å². The van der Waals surface area contributed by atoms with E-state index in [9.17, 15) is 19.2 Å². The molecule has 1 N–H and O–H groups in total. The maximum absolute atomic E-state index is 12.8. The molecule has 2 aliphatic heterocycles. The Morgan fingerprint density at radius 2 is 2.08 bits per heavy atom. The summed E-state index contributed by atoms with van der Waals surface area (Å²) < 4.78 is 4.61. The molecule has 0 unspecified atom stereocenters. The Bertz CT molecular complexity index is 916. The third-order valence-corrected chi connectivity index (χ3v) is 8.15. The second-order valence-electron chi connectivity index (χ2n) is 6.79. The van der Waals surface area contributed by atoms with Gasteiger partial charge in [0.05, 0.1) is 28.8 Å². The fraction of sp³-hybridized carbons (Fsp3) is 0.500. The zero-order chi connectivity index (χ0) is 17.5. The normalized spacial score (nSPS) is 34.7. The molecule has 7 nitrogen and oxygen atoms in total. The molecule has 2 bridgehead atoms. The minimum absolute atomic E-state index is 0.0250. The van der Waals surface area contributed by atoms with Crippen LogP contribution in [0.25, 0.3) is 6.08 Å². The number of thiazole rings is 1. The number of amides is 2. The van der Waals surface area contributed by atoms with Gasteiger partial charge in [0.1, 0.15) is 6.54 Å². The largest absolute Gasteiger partial charge is 0.468 e. The van der Waals surface area contributed by atoms with Gasteiger partial charge in [-0.15, -0.1) is 0 Å². The number of nitrogens with zero attached hydrogens (tertiary/aromatic N) is 1. The number of rotatable bonds is 2. The molecule has 9 heteroatoms. The molecule has 0 radical (unpaired) electrons. The van der Waals surface area contributed by atoms with Gasteiger partial charge in [-0.25, -0.2) is 0 Å². The van der Waals surface area contributed by atoms with Crippen molar-refractivity contribution < 1.29 is 19.1 Å². The summed E-state index contributed by atoms with van der Waals surface area (Å²) >= 11 is 2.77. The number of likely N-dealkylation sites (tertiary alicyclic amines) is 1. The van der Waals surface area contributed by atoms with Crippen LogP contribution in [0.1, 0.15) is 11.3 Å². The molecular weight excluding hydrogens is 364 g/mol. The molecule has 2 aliphatic carbocycles. The van der Waals surface area contributed by atoms with Crippen LogP contribution < -0.4 is 4.87 Å². The van der Waals surface area contributed by atoms with Gasteiger partial charge in [-0.05, 0) is 24.3 Å². The SMILES string of the molecule is COC(=O)CN1C(=O)[C@H]2[C@H]3C[C@@H](C4=Cc5sc(=O)[nH]c5S[C@H]43)[C@H]2C1=O. The van der Waals surface area contributed by atoms with Crippen molar-refractivity contribution in [1.29, 1.82) is 0 Å². The number of esters is 1. The van der Waals surface area contributed by atoms with E-state index in [2.05, 4.69) is 9.72 Å². The number of fused-ring (bicyclic) bond motifs is 9. The first-order valence-corrected chi connectivity index (χ1v) is 9.72. The second-order valence-corrected chi connectivity index (χ2v) is 8.95. The number of carbonyl (C=O) groups excluding carboxylic acids is 3. The summed E-state index contributed by atoms with van der Waals surface area (Å²) in [7, 11) is 1.24. The van der Waals surface area contributed by atoms with Gasteiger partial charge < -0.3 is 9.72 Å². The Morgan fingerprint density at radius 3 is 2.84 bits per heavy atom. The maximum Gasteiger partial charge on any atom is 0.325 e. The summed E-state index contributed by atoms with van der Waals surface area (Å²) in [6.45, 7) is -0.307. The molecule has 25 heavy (non-hydrogen) atoms. The smallest absolute Gasteiger partial charge is 0.325 e. The van der Waals surface area contributed by atoms with E-state index in [-0.39, 0.29) is 52.2 Å². The van der Waals surface area contributed by atoms with Crippen molar-refractivity contribution in [3.63, 3.8) is 0 Å². The van der Waals surface area contributed by atoms with Crippen molar-refractivity contribution >= 4 is 47.0 Å². The fourth-order valence-corrected chi connectivity index (χ4v) is 7.27. The first-order valence-electron chi connectivity index (χ1n) is 8.03. The van der Waals surface area contributed by atoms with E-state index in [4.69, 9.17) is 0 Å². The van der Waals surface area contributed by atoms with Crippen molar-refractivity contribution in [2.45, 2.75) is 16.7 Å². The van der Waals surface area contributed by atoms with Gasteiger partial charge in [0.25, 0.3) is 0 Å². The lowest BCUT2D eigenvalue weighted by Gasteiger charge is -2.32. The van der Waals surface area contributed by atoms with E-state index in [1.165, 1.54) is 24.0 Å². The summed E-state index contributed by atoms with van der Waals surface area (Å²) in [6, 6.07) is 0. The van der Waals surface area contributed by atoms with Gasteiger partial charge in [0.15, 0.2) is 0 Å². The molecule has 5 rings (SSSR count). The fourth-order valence-electron chi connectivity index (χ4n) is 4.83. The van der Waals surface area contributed by atoms with Crippen LogP contribution in [0, 0.1) is 23.7 Å². The topological polar surface area (TPSA) is 96.5 Å². The molecule has 3 fully saturated rings. The third-order valence-electron chi connectivity index (χ3n) is 5.76. The van der Waals surface area contributed by atoms with E-state index in [1.54, 1.807) is 11.8 Å². The number of thioether (sulfide) groups is 1. The minimum atomic E-state index is -0.584. The number of methoxy groups -OCH3 is 1. The summed E-state index contributed by atoms with van der Waals surface area (Å²) in [6.07, 6.45) is 2.85. The Balaban J connectivity index is 1.51. The predicted octanol–water partition coefficient (Wildman–Crippen LogP) is 0.718. The molecule has 0 spiro atoms. The molecule has 1 aromatic heterocycles. The molecule has 130 valence electrons. The lowest BCUT2D eigenvalue weighted by atomic mass is 9.77. The average Bonchev–Trinajstić information content (AvgIpc) is 3.29. The van der Waals surface area contributed by atoms with Gasteiger partial charge in [-0.3, -0.25) is 24.1 Å².